The van der Waals surface area contributed by atoms with E-state index in [9.17, 15) is 14.5 Å². The van der Waals surface area contributed by atoms with Crippen molar-refractivity contribution in [3.05, 3.63) is 50.7 Å². The van der Waals surface area contributed by atoms with E-state index in [0.29, 0.717) is 16.8 Å². The summed E-state index contributed by atoms with van der Waals surface area (Å²) in [6.45, 7) is 2.41. The van der Waals surface area contributed by atoms with Crippen LogP contribution in [0.2, 0.25) is 0 Å². The number of halogens is 2. The van der Waals surface area contributed by atoms with Crippen molar-refractivity contribution < 1.29 is 9.31 Å². The average Bonchev–Trinajstić information content (AvgIpc) is 2.43. The average molecular weight is 355 g/mol. The highest BCUT2D eigenvalue weighted by Gasteiger charge is 2.13. The van der Waals surface area contributed by atoms with E-state index >= 15 is 0 Å². The number of nitrogens with one attached hydrogen (secondary N) is 2. The lowest BCUT2D eigenvalue weighted by atomic mass is 10.3. The van der Waals surface area contributed by atoms with Crippen molar-refractivity contribution in [2.75, 3.05) is 17.2 Å². The SMILES string of the molecule is CCNc1cc([N+](=O)[O-])cc(Nc2c(F)cccc2Br)n1. The summed E-state index contributed by atoms with van der Waals surface area (Å²) in [5.74, 6) is 0.0512. The smallest absolute Gasteiger partial charge is 0.276 e. The lowest BCUT2D eigenvalue weighted by Gasteiger charge is -2.10. The zero-order valence-electron chi connectivity index (χ0n) is 11.1. The van der Waals surface area contributed by atoms with Crippen LogP contribution < -0.4 is 10.6 Å². The molecule has 2 N–H and O–H groups in total. The molecule has 0 radical (unpaired) electrons. The summed E-state index contributed by atoms with van der Waals surface area (Å²) >= 11 is 3.22. The van der Waals surface area contributed by atoms with E-state index in [1.807, 2.05) is 6.92 Å². The molecule has 0 saturated carbocycles. The molecule has 0 aliphatic heterocycles. The van der Waals surface area contributed by atoms with Gasteiger partial charge in [0.2, 0.25) is 0 Å². The number of nitro groups is 1. The third-order valence-electron chi connectivity index (χ3n) is 2.59. The zero-order valence-corrected chi connectivity index (χ0v) is 12.6. The summed E-state index contributed by atoms with van der Waals surface area (Å²) in [4.78, 5) is 14.6. The van der Waals surface area contributed by atoms with Crippen molar-refractivity contribution in [1.29, 1.82) is 0 Å². The maximum Gasteiger partial charge on any atom is 0.276 e. The molecule has 0 bridgehead atoms. The van der Waals surface area contributed by atoms with Gasteiger partial charge in [0.25, 0.3) is 5.69 Å². The fourth-order valence-electron chi connectivity index (χ4n) is 1.70. The molecule has 1 aromatic heterocycles. The van der Waals surface area contributed by atoms with Crippen LogP contribution >= 0.6 is 15.9 Å². The van der Waals surface area contributed by atoms with Crippen LogP contribution in [-0.4, -0.2) is 16.5 Å². The highest BCUT2D eigenvalue weighted by atomic mass is 79.9. The van der Waals surface area contributed by atoms with Crippen molar-refractivity contribution in [2.45, 2.75) is 6.92 Å². The molecule has 0 unspecified atom stereocenters. The number of rotatable bonds is 5. The fourth-order valence-corrected chi connectivity index (χ4v) is 2.14. The van der Waals surface area contributed by atoms with E-state index in [0.717, 1.165) is 0 Å². The van der Waals surface area contributed by atoms with Gasteiger partial charge in [-0.2, -0.15) is 0 Å². The maximum absolute atomic E-state index is 13.8. The lowest BCUT2D eigenvalue weighted by molar-refractivity contribution is -0.384. The number of para-hydroxylation sites is 1. The molecule has 0 spiro atoms. The minimum Gasteiger partial charge on any atom is -0.370 e. The third kappa shape index (κ3) is 3.66. The number of hydrogen-bond donors (Lipinski definition) is 2. The molecule has 0 aliphatic rings. The molecule has 110 valence electrons. The van der Waals surface area contributed by atoms with Crippen molar-refractivity contribution >= 4 is 38.9 Å². The Bertz CT molecular complexity index is 661. The van der Waals surface area contributed by atoms with Gasteiger partial charge >= 0.3 is 0 Å². The van der Waals surface area contributed by atoms with Gasteiger partial charge in [-0.15, -0.1) is 0 Å². The van der Waals surface area contributed by atoms with Crippen LogP contribution in [0.3, 0.4) is 0 Å². The normalized spacial score (nSPS) is 10.2. The molecule has 0 fully saturated rings. The lowest BCUT2D eigenvalue weighted by Crippen LogP contribution is -2.04. The van der Waals surface area contributed by atoms with Crippen molar-refractivity contribution in [3.8, 4) is 0 Å². The Hall–Kier alpha value is -2.22. The summed E-state index contributed by atoms with van der Waals surface area (Å²) in [6.07, 6.45) is 0. The quantitative estimate of drug-likeness (QED) is 0.624. The molecule has 0 aliphatic carbocycles. The van der Waals surface area contributed by atoms with Gasteiger partial charge in [-0.05, 0) is 35.0 Å². The Balaban J connectivity index is 2.41. The summed E-state index contributed by atoms with van der Waals surface area (Å²) in [6, 6.07) is 7.07. The summed E-state index contributed by atoms with van der Waals surface area (Å²) < 4.78 is 14.3. The molecule has 1 heterocycles. The van der Waals surface area contributed by atoms with Crippen LogP contribution in [0.25, 0.3) is 0 Å². The number of anilines is 3. The van der Waals surface area contributed by atoms with Gasteiger partial charge in [0.15, 0.2) is 0 Å². The summed E-state index contributed by atoms with van der Waals surface area (Å²) in [5.41, 5.74) is 0.0452. The van der Waals surface area contributed by atoms with Gasteiger partial charge in [0.05, 0.1) is 22.7 Å². The van der Waals surface area contributed by atoms with Crippen molar-refractivity contribution in [3.63, 3.8) is 0 Å². The number of nitrogens with zero attached hydrogens (tertiary/aromatic N) is 2. The Morgan fingerprint density at radius 2 is 2.10 bits per heavy atom. The Morgan fingerprint density at radius 1 is 1.38 bits per heavy atom. The fraction of sp³-hybridized carbons (Fsp3) is 0.154. The molecule has 21 heavy (non-hydrogen) atoms. The van der Waals surface area contributed by atoms with E-state index in [1.165, 1.54) is 18.2 Å². The monoisotopic (exact) mass is 354 g/mol. The third-order valence-corrected chi connectivity index (χ3v) is 3.26. The van der Waals surface area contributed by atoms with Gasteiger partial charge in [-0.1, -0.05) is 6.07 Å². The molecule has 0 amide bonds. The summed E-state index contributed by atoms with van der Waals surface area (Å²) in [7, 11) is 0. The zero-order chi connectivity index (χ0) is 15.4. The predicted molar refractivity (Wildman–Crippen MR) is 82.4 cm³/mol. The topological polar surface area (TPSA) is 80.1 Å². The number of benzene rings is 1. The van der Waals surface area contributed by atoms with Crippen LogP contribution in [0.4, 0.5) is 27.4 Å². The van der Waals surface area contributed by atoms with Gasteiger partial charge in [-0.25, -0.2) is 9.37 Å². The van der Waals surface area contributed by atoms with E-state index < -0.39 is 10.7 Å². The van der Waals surface area contributed by atoms with Crippen LogP contribution in [0.5, 0.6) is 0 Å². The first-order chi connectivity index (χ1) is 10.0. The first kappa shape index (κ1) is 15.2. The second-order valence-corrected chi connectivity index (χ2v) is 4.96. The van der Waals surface area contributed by atoms with E-state index in [-0.39, 0.29) is 17.2 Å². The molecule has 2 aromatic rings. The summed E-state index contributed by atoms with van der Waals surface area (Å²) in [5, 5.41) is 16.6. The van der Waals surface area contributed by atoms with Gasteiger partial charge in [-0.3, -0.25) is 10.1 Å². The standard InChI is InChI=1S/C13H12BrFN4O2/c1-2-16-11-6-8(19(20)21)7-12(17-11)18-13-9(14)4-3-5-10(13)15/h3-7H,2H2,1H3,(H2,16,17,18). The molecule has 2 rings (SSSR count). The highest BCUT2D eigenvalue weighted by Crippen LogP contribution is 2.30. The van der Waals surface area contributed by atoms with Gasteiger partial charge in [0, 0.05) is 11.0 Å². The minimum atomic E-state index is -0.524. The van der Waals surface area contributed by atoms with Gasteiger partial charge < -0.3 is 10.6 Å². The van der Waals surface area contributed by atoms with Crippen LogP contribution in [-0.2, 0) is 0 Å². The Labute approximate surface area is 128 Å². The maximum atomic E-state index is 13.8. The molecular formula is C13H12BrFN4O2. The Kier molecular flexibility index (Phi) is 4.69. The molecule has 1 aromatic carbocycles. The first-order valence-electron chi connectivity index (χ1n) is 6.12. The van der Waals surface area contributed by atoms with Crippen molar-refractivity contribution in [1.82, 2.24) is 4.98 Å². The second-order valence-electron chi connectivity index (χ2n) is 4.10. The minimum absolute atomic E-state index is 0.129. The number of aromatic nitrogens is 1. The Morgan fingerprint density at radius 3 is 2.71 bits per heavy atom. The second kappa shape index (κ2) is 6.49. The highest BCUT2D eigenvalue weighted by molar-refractivity contribution is 9.10. The first-order valence-corrected chi connectivity index (χ1v) is 6.92. The van der Waals surface area contributed by atoms with E-state index in [4.69, 9.17) is 0 Å². The number of hydrogen-bond acceptors (Lipinski definition) is 5. The van der Waals surface area contributed by atoms with E-state index in [2.05, 4.69) is 31.5 Å². The molecule has 8 heteroatoms. The molecule has 0 atom stereocenters. The van der Waals surface area contributed by atoms with Gasteiger partial charge in [0.1, 0.15) is 17.5 Å². The predicted octanol–water partition coefficient (Wildman–Crippen LogP) is 4.07. The number of pyridine rings is 1. The largest absolute Gasteiger partial charge is 0.370 e. The molecule has 0 saturated heterocycles. The van der Waals surface area contributed by atoms with Crippen molar-refractivity contribution in [2.24, 2.45) is 0 Å². The van der Waals surface area contributed by atoms with Crippen LogP contribution in [0, 0.1) is 15.9 Å². The molecular weight excluding hydrogens is 343 g/mol. The van der Waals surface area contributed by atoms with Crippen LogP contribution in [0.15, 0.2) is 34.8 Å². The molecule has 6 nitrogen and oxygen atoms in total. The van der Waals surface area contributed by atoms with Crippen LogP contribution in [0.1, 0.15) is 6.92 Å². The van der Waals surface area contributed by atoms with E-state index in [1.54, 1.807) is 12.1 Å².